The third-order valence-electron chi connectivity index (χ3n) is 4.83. The van der Waals surface area contributed by atoms with Crippen LogP contribution >= 0.6 is 0 Å². The molecule has 0 spiro atoms. The second kappa shape index (κ2) is 8.29. The lowest BCUT2D eigenvalue weighted by Gasteiger charge is -2.35. The van der Waals surface area contributed by atoms with E-state index < -0.39 is 0 Å². The molecular weight excluding hydrogens is 337 g/mol. The largest absolute Gasteiger partial charge is 0.356 e. The number of halogens is 1. The number of hydrogen-bond donors (Lipinski definition) is 1. The average Bonchev–Trinajstić information content (AvgIpc) is 3.50. The van der Waals surface area contributed by atoms with Gasteiger partial charge in [-0.3, -0.25) is 14.4 Å². The lowest BCUT2D eigenvalue weighted by Crippen LogP contribution is -2.50. The predicted molar refractivity (Wildman–Crippen MR) is 93.9 cm³/mol. The summed E-state index contributed by atoms with van der Waals surface area (Å²) in [5, 5.41) is 2.86. The van der Waals surface area contributed by atoms with Crippen molar-refractivity contribution in [3.8, 4) is 0 Å². The van der Waals surface area contributed by atoms with Crippen molar-refractivity contribution in [2.45, 2.75) is 25.7 Å². The summed E-state index contributed by atoms with van der Waals surface area (Å²) < 4.78 is 13.0. The number of benzene rings is 1. The monoisotopic (exact) mass is 361 g/mol. The summed E-state index contributed by atoms with van der Waals surface area (Å²) in [5.74, 6) is -0.160. The highest BCUT2D eigenvalue weighted by atomic mass is 19.1. The zero-order valence-corrected chi connectivity index (χ0v) is 14.7. The van der Waals surface area contributed by atoms with Crippen LogP contribution in [0.2, 0.25) is 0 Å². The minimum atomic E-state index is -0.370. The molecular formula is C19H24FN3O3. The molecule has 0 bridgehead atoms. The van der Waals surface area contributed by atoms with E-state index in [1.165, 1.54) is 24.3 Å². The zero-order chi connectivity index (χ0) is 18.5. The van der Waals surface area contributed by atoms with Crippen molar-refractivity contribution < 1.29 is 18.8 Å². The predicted octanol–water partition coefficient (Wildman–Crippen LogP) is 1.42. The molecule has 0 atom stereocenters. The van der Waals surface area contributed by atoms with Crippen LogP contribution in [0.1, 0.15) is 36.0 Å². The molecule has 0 aromatic heterocycles. The van der Waals surface area contributed by atoms with E-state index >= 15 is 0 Å². The average molecular weight is 361 g/mol. The van der Waals surface area contributed by atoms with Crippen molar-refractivity contribution >= 4 is 17.7 Å². The molecule has 140 valence electrons. The van der Waals surface area contributed by atoms with E-state index in [1.54, 1.807) is 9.80 Å². The number of rotatable bonds is 6. The molecule has 2 fully saturated rings. The summed E-state index contributed by atoms with van der Waals surface area (Å²) in [6.45, 7) is 2.48. The van der Waals surface area contributed by atoms with Crippen LogP contribution in [0.3, 0.4) is 0 Å². The number of piperazine rings is 1. The Morgan fingerprint density at radius 3 is 2.23 bits per heavy atom. The van der Waals surface area contributed by atoms with E-state index in [2.05, 4.69) is 5.32 Å². The maximum absolute atomic E-state index is 13.0. The highest BCUT2D eigenvalue weighted by Crippen LogP contribution is 2.28. The van der Waals surface area contributed by atoms with Gasteiger partial charge < -0.3 is 15.1 Å². The van der Waals surface area contributed by atoms with Crippen LogP contribution in [-0.2, 0) is 9.59 Å². The highest BCUT2D eigenvalue weighted by Gasteiger charge is 2.29. The Bertz CT molecular complexity index is 665. The first-order valence-corrected chi connectivity index (χ1v) is 9.15. The van der Waals surface area contributed by atoms with Gasteiger partial charge in [0.2, 0.25) is 11.8 Å². The minimum absolute atomic E-state index is 0.0551. The minimum Gasteiger partial charge on any atom is -0.356 e. The van der Waals surface area contributed by atoms with Gasteiger partial charge in [-0.1, -0.05) is 0 Å². The number of amides is 3. The van der Waals surface area contributed by atoms with Gasteiger partial charge in [0.05, 0.1) is 0 Å². The third-order valence-corrected chi connectivity index (χ3v) is 4.83. The highest BCUT2D eigenvalue weighted by molar-refractivity contribution is 5.94. The fourth-order valence-electron chi connectivity index (χ4n) is 3.03. The van der Waals surface area contributed by atoms with Gasteiger partial charge in [0.15, 0.2) is 0 Å². The molecule has 3 rings (SSSR count). The van der Waals surface area contributed by atoms with Crippen molar-refractivity contribution in [2.24, 2.45) is 5.92 Å². The second-order valence-corrected chi connectivity index (χ2v) is 6.85. The van der Waals surface area contributed by atoms with Crippen molar-refractivity contribution in [2.75, 3.05) is 32.7 Å². The maximum Gasteiger partial charge on any atom is 0.253 e. The molecule has 7 heteroatoms. The van der Waals surface area contributed by atoms with Gasteiger partial charge in [-0.25, -0.2) is 4.39 Å². The van der Waals surface area contributed by atoms with Crippen molar-refractivity contribution in [3.63, 3.8) is 0 Å². The van der Waals surface area contributed by atoms with Crippen LogP contribution in [0, 0.1) is 11.7 Å². The zero-order valence-electron chi connectivity index (χ0n) is 14.7. The van der Waals surface area contributed by atoms with E-state index in [0.717, 1.165) is 12.8 Å². The van der Waals surface area contributed by atoms with E-state index in [-0.39, 0.29) is 29.5 Å². The van der Waals surface area contributed by atoms with Crippen molar-refractivity contribution in [1.82, 2.24) is 15.1 Å². The SMILES string of the molecule is O=C(NCCCC(=O)N1CCN(C(=O)c2ccc(F)cc2)CC1)C1CC1. The first-order chi connectivity index (χ1) is 12.5. The standard InChI is InChI=1S/C19H24FN3O3/c20-16-7-5-15(6-8-16)19(26)23-12-10-22(11-13-23)17(24)2-1-9-21-18(25)14-3-4-14/h5-8,14H,1-4,9-13H2,(H,21,25). The Balaban J connectivity index is 1.37. The quantitative estimate of drug-likeness (QED) is 0.779. The molecule has 1 saturated carbocycles. The normalized spacial score (nSPS) is 17.1. The Labute approximate surface area is 152 Å². The topological polar surface area (TPSA) is 69.7 Å². The number of hydrogen-bond acceptors (Lipinski definition) is 3. The van der Waals surface area contributed by atoms with Gasteiger partial charge in [0.25, 0.3) is 5.91 Å². The molecule has 1 saturated heterocycles. The van der Waals surface area contributed by atoms with Gasteiger partial charge >= 0.3 is 0 Å². The van der Waals surface area contributed by atoms with Gasteiger partial charge in [0, 0.05) is 50.6 Å². The van der Waals surface area contributed by atoms with E-state index in [4.69, 9.17) is 0 Å². The lowest BCUT2D eigenvalue weighted by atomic mass is 10.1. The van der Waals surface area contributed by atoms with Crippen LogP contribution < -0.4 is 5.32 Å². The van der Waals surface area contributed by atoms with Crippen LogP contribution in [0.25, 0.3) is 0 Å². The van der Waals surface area contributed by atoms with Crippen LogP contribution in [0.5, 0.6) is 0 Å². The fourth-order valence-corrected chi connectivity index (χ4v) is 3.03. The molecule has 3 amide bonds. The Morgan fingerprint density at radius 1 is 1.00 bits per heavy atom. The number of carbonyl (C=O) groups excluding carboxylic acids is 3. The third kappa shape index (κ3) is 4.80. The smallest absolute Gasteiger partial charge is 0.253 e. The van der Waals surface area contributed by atoms with E-state index in [0.29, 0.717) is 51.1 Å². The number of nitrogens with one attached hydrogen (secondary N) is 1. The molecule has 1 aromatic rings. The van der Waals surface area contributed by atoms with Crippen LogP contribution in [0.15, 0.2) is 24.3 Å². The molecule has 1 N–H and O–H groups in total. The Kier molecular flexibility index (Phi) is 5.85. The molecule has 6 nitrogen and oxygen atoms in total. The molecule has 2 aliphatic rings. The molecule has 1 heterocycles. The fraction of sp³-hybridized carbons (Fsp3) is 0.526. The van der Waals surface area contributed by atoms with Gasteiger partial charge in [-0.15, -0.1) is 0 Å². The molecule has 0 radical (unpaired) electrons. The van der Waals surface area contributed by atoms with Crippen LogP contribution in [-0.4, -0.2) is 60.2 Å². The lowest BCUT2D eigenvalue weighted by molar-refractivity contribution is -0.133. The summed E-state index contributed by atoms with van der Waals surface area (Å²) in [6.07, 6.45) is 2.99. The van der Waals surface area contributed by atoms with Crippen LogP contribution in [0.4, 0.5) is 4.39 Å². The van der Waals surface area contributed by atoms with E-state index in [9.17, 15) is 18.8 Å². The molecule has 1 aliphatic carbocycles. The molecule has 26 heavy (non-hydrogen) atoms. The van der Waals surface area contributed by atoms with Gasteiger partial charge in [-0.05, 0) is 43.5 Å². The molecule has 0 unspecified atom stereocenters. The maximum atomic E-state index is 13.0. The molecule has 1 aliphatic heterocycles. The summed E-state index contributed by atoms with van der Waals surface area (Å²) in [5.41, 5.74) is 0.456. The molecule has 1 aromatic carbocycles. The summed E-state index contributed by atoms with van der Waals surface area (Å²) in [7, 11) is 0. The van der Waals surface area contributed by atoms with Gasteiger partial charge in [-0.2, -0.15) is 0 Å². The first-order valence-electron chi connectivity index (χ1n) is 9.15. The number of nitrogens with zero attached hydrogens (tertiary/aromatic N) is 2. The Morgan fingerprint density at radius 2 is 1.62 bits per heavy atom. The van der Waals surface area contributed by atoms with Crippen molar-refractivity contribution in [3.05, 3.63) is 35.6 Å². The van der Waals surface area contributed by atoms with Crippen molar-refractivity contribution in [1.29, 1.82) is 0 Å². The number of carbonyl (C=O) groups is 3. The van der Waals surface area contributed by atoms with Gasteiger partial charge in [0.1, 0.15) is 5.82 Å². The summed E-state index contributed by atoms with van der Waals surface area (Å²) >= 11 is 0. The van der Waals surface area contributed by atoms with E-state index in [1.807, 2.05) is 0 Å². The summed E-state index contributed by atoms with van der Waals surface area (Å²) in [4.78, 5) is 39.6. The second-order valence-electron chi connectivity index (χ2n) is 6.85. The Hall–Kier alpha value is -2.44. The summed E-state index contributed by atoms with van der Waals surface area (Å²) in [6, 6.07) is 5.50. The first kappa shape index (κ1) is 18.4.